The van der Waals surface area contributed by atoms with E-state index in [-0.39, 0.29) is 9.92 Å². The number of halogens is 1. The monoisotopic (exact) mass is 423 g/mol. The second-order valence-electron chi connectivity index (χ2n) is 7.75. The van der Waals surface area contributed by atoms with E-state index >= 15 is 0 Å². The van der Waals surface area contributed by atoms with Crippen molar-refractivity contribution in [3.05, 3.63) is 58.1 Å². The predicted molar refractivity (Wildman–Crippen MR) is 112 cm³/mol. The third-order valence-electron chi connectivity index (χ3n) is 5.41. The molecule has 28 heavy (non-hydrogen) atoms. The molecule has 152 valence electrons. The number of sulfonamides is 1. The highest BCUT2D eigenvalue weighted by molar-refractivity contribution is 7.89. The first-order chi connectivity index (χ1) is 13.2. The third-order valence-corrected chi connectivity index (χ3v) is 7.81. The summed E-state index contributed by atoms with van der Waals surface area (Å²) in [6, 6.07) is 10.5. The van der Waals surface area contributed by atoms with Crippen molar-refractivity contribution in [2.75, 3.05) is 26.2 Å². The summed E-state index contributed by atoms with van der Waals surface area (Å²) in [6.07, 6.45) is 0. The van der Waals surface area contributed by atoms with E-state index in [1.165, 1.54) is 14.8 Å². The number of phenolic OH excluding ortho intramolecular Hbond substituents is 1. The fraction of sp³-hybridized carbons (Fsp3) is 0.429. The van der Waals surface area contributed by atoms with Gasteiger partial charge in [0.15, 0.2) is 0 Å². The third kappa shape index (κ3) is 4.35. The molecule has 0 aliphatic carbocycles. The molecule has 0 amide bonds. The molecular weight excluding hydrogens is 396 g/mol. The quantitative estimate of drug-likeness (QED) is 0.776. The van der Waals surface area contributed by atoms with Crippen molar-refractivity contribution in [1.29, 1.82) is 0 Å². The first kappa shape index (κ1) is 21.1. The maximum Gasteiger partial charge on any atom is 0.244 e. The fourth-order valence-electron chi connectivity index (χ4n) is 3.80. The van der Waals surface area contributed by atoms with E-state index in [4.69, 9.17) is 11.6 Å². The first-order valence-electron chi connectivity index (χ1n) is 9.60. The number of hydrogen-bond acceptors (Lipinski definition) is 3. The molecule has 5 nitrogen and oxygen atoms in total. The summed E-state index contributed by atoms with van der Waals surface area (Å²) in [7, 11) is -3.58. The van der Waals surface area contributed by atoms with Crippen LogP contribution >= 0.6 is 11.6 Å². The smallest absolute Gasteiger partial charge is 0.244 e. The summed E-state index contributed by atoms with van der Waals surface area (Å²) in [6.45, 7) is 9.25. The summed E-state index contributed by atoms with van der Waals surface area (Å²) in [5, 5.41) is 10.6. The molecule has 1 heterocycles. The van der Waals surface area contributed by atoms with E-state index < -0.39 is 10.0 Å². The predicted octanol–water partition coefficient (Wildman–Crippen LogP) is 2.57. The SMILES string of the molecule is Cc1cc(O)c(C[NH+]2CCN(S(=O)(=O)c3ccccc3Cl)CC2)cc1C(C)C. The van der Waals surface area contributed by atoms with Crippen molar-refractivity contribution in [2.45, 2.75) is 38.1 Å². The number of aromatic hydroxyl groups is 1. The molecule has 0 bridgehead atoms. The maximum absolute atomic E-state index is 12.9. The lowest BCUT2D eigenvalue weighted by molar-refractivity contribution is -0.917. The summed E-state index contributed by atoms with van der Waals surface area (Å²) in [5.41, 5.74) is 3.26. The van der Waals surface area contributed by atoms with Crippen LogP contribution in [0.1, 0.15) is 36.5 Å². The van der Waals surface area contributed by atoms with Crippen LogP contribution in [0.3, 0.4) is 0 Å². The van der Waals surface area contributed by atoms with E-state index in [1.54, 1.807) is 24.3 Å². The van der Waals surface area contributed by atoms with Gasteiger partial charge in [0.05, 0.1) is 31.2 Å². The minimum atomic E-state index is -3.58. The van der Waals surface area contributed by atoms with Gasteiger partial charge in [-0.1, -0.05) is 37.6 Å². The molecule has 0 aromatic heterocycles. The van der Waals surface area contributed by atoms with Crippen LogP contribution < -0.4 is 4.90 Å². The van der Waals surface area contributed by atoms with Gasteiger partial charge in [-0.3, -0.25) is 0 Å². The van der Waals surface area contributed by atoms with Crippen LogP contribution in [0, 0.1) is 6.92 Å². The molecule has 1 aliphatic rings. The van der Waals surface area contributed by atoms with Crippen LogP contribution in [0.25, 0.3) is 0 Å². The Labute approximate surface area is 172 Å². The summed E-state index contributed by atoms with van der Waals surface area (Å²) >= 11 is 6.10. The second-order valence-corrected chi connectivity index (χ2v) is 10.1. The molecule has 3 rings (SSSR count). The summed E-state index contributed by atoms with van der Waals surface area (Å²) in [4.78, 5) is 1.43. The summed E-state index contributed by atoms with van der Waals surface area (Å²) < 4.78 is 27.3. The van der Waals surface area contributed by atoms with Gasteiger partial charge in [0, 0.05) is 5.56 Å². The van der Waals surface area contributed by atoms with Crippen molar-refractivity contribution < 1.29 is 18.4 Å². The number of rotatable bonds is 5. The number of nitrogens with one attached hydrogen (secondary N) is 1. The van der Waals surface area contributed by atoms with E-state index in [0.29, 0.717) is 44.4 Å². The van der Waals surface area contributed by atoms with Crippen molar-refractivity contribution >= 4 is 21.6 Å². The zero-order valence-electron chi connectivity index (χ0n) is 16.6. The molecule has 2 N–H and O–H groups in total. The maximum atomic E-state index is 12.9. The topological polar surface area (TPSA) is 62.1 Å². The minimum Gasteiger partial charge on any atom is -0.507 e. The Morgan fingerprint density at radius 2 is 1.82 bits per heavy atom. The molecule has 0 radical (unpaired) electrons. The van der Waals surface area contributed by atoms with Crippen LogP contribution in [0.5, 0.6) is 5.75 Å². The normalized spacial score (nSPS) is 16.6. The van der Waals surface area contributed by atoms with Crippen molar-refractivity contribution in [3.8, 4) is 5.75 Å². The average molecular weight is 424 g/mol. The van der Waals surface area contributed by atoms with Crippen LogP contribution in [0.4, 0.5) is 0 Å². The molecule has 0 spiro atoms. The molecule has 0 unspecified atom stereocenters. The second kappa shape index (κ2) is 8.41. The number of nitrogens with zero attached hydrogens (tertiary/aromatic N) is 1. The molecule has 1 aliphatic heterocycles. The number of phenols is 1. The highest BCUT2D eigenvalue weighted by Crippen LogP contribution is 2.27. The van der Waals surface area contributed by atoms with Gasteiger partial charge in [-0.05, 0) is 48.2 Å². The van der Waals surface area contributed by atoms with Gasteiger partial charge in [0.2, 0.25) is 10.0 Å². The highest BCUT2D eigenvalue weighted by Gasteiger charge is 2.32. The largest absolute Gasteiger partial charge is 0.507 e. The van der Waals surface area contributed by atoms with Gasteiger partial charge in [-0.25, -0.2) is 8.42 Å². The van der Waals surface area contributed by atoms with Gasteiger partial charge in [-0.2, -0.15) is 4.31 Å². The Hall–Kier alpha value is -1.60. The molecule has 2 aromatic carbocycles. The zero-order valence-corrected chi connectivity index (χ0v) is 18.1. The molecule has 0 saturated carbocycles. The molecule has 1 fully saturated rings. The van der Waals surface area contributed by atoms with Gasteiger partial charge < -0.3 is 10.0 Å². The Balaban J connectivity index is 1.70. The van der Waals surface area contributed by atoms with E-state index in [2.05, 4.69) is 19.9 Å². The number of piperazine rings is 1. The van der Waals surface area contributed by atoms with E-state index in [9.17, 15) is 13.5 Å². The summed E-state index contributed by atoms with van der Waals surface area (Å²) in [5.74, 6) is 0.715. The van der Waals surface area contributed by atoms with Crippen LogP contribution in [-0.2, 0) is 16.6 Å². The van der Waals surface area contributed by atoms with Gasteiger partial charge in [0.1, 0.15) is 17.2 Å². The lowest BCUT2D eigenvalue weighted by atomic mass is 9.95. The van der Waals surface area contributed by atoms with Crippen LogP contribution in [0.15, 0.2) is 41.3 Å². The van der Waals surface area contributed by atoms with Gasteiger partial charge in [-0.15, -0.1) is 0 Å². The number of quaternary nitrogens is 1. The van der Waals surface area contributed by atoms with Crippen LogP contribution in [-0.4, -0.2) is 44.0 Å². The Kier molecular flexibility index (Phi) is 6.34. The van der Waals surface area contributed by atoms with Crippen molar-refractivity contribution in [3.63, 3.8) is 0 Å². The average Bonchev–Trinajstić information content (AvgIpc) is 2.64. The number of benzene rings is 2. The van der Waals surface area contributed by atoms with Gasteiger partial charge in [0.25, 0.3) is 0 Å². The molecule has 7 heteroatoms. The van der Waals surface area contributed by atoms with Crippen molar-refractivity contribution in [1.82, 2.24) is 4.31 Å². The van der Waals surface area contributed by atoms with Gasteiger partial charge >= 0.3 is 0 Å². The lowest BCUT2D eigenvalue weighted by Gasteiger charge is -2.32. The minimum absolute atomic E-state index is 0.165. The molecule has 0 atom stereocenters. The molecule has 1 saturated heterocycles. The Morgan fingerprint density at radius 1 is 1.18 bits per heavy atom. The fourth-order valence-corrected chi connectivity index (χ4v) is 5.74. The molecular formula is C21H28ClN2O3S+. The first-order valence-corrected chi connectivity index (χ1v) is 11.4. The highest BCUT2D eigenvalue weighted by atomic mass is 35.5. The molecule has 2 aromatic rings. The zero-order chi connectivity index (χ0) is 20.5. The number of aryl methyl sites for hydroxylation is 1. The van der Waals surface area contributed by atoms with E-state index in [0.717, 1.165) is 11.1 Å². The van der Waals surface area contributed by atoms with E-state index in [1.807, 2.05) is 13.0 Å². The van der Waals surface area contributed by atoms with Crippen molar-refractivity contribution in [2.24, 2.45) is 0 Å². The number of hydrogen-bond donors (Lipinski definition) is 2. The Bertz CT molecular complexity index is 952. The lowest BCUT2D eigenvalue weighted by Crippen LogP contribution is -3.13. The standard InChI is InChI=1S/C21H27ClN2O3S/c1-15(2)18-13-17(20(25)12-16(18)3)14-23-8-10-24(11-9-23)28(26,27)21-7-5-4-6-19(21)22/h4-7,12-13,15,25H,8-11,14H2,1-3H3/p+1. The van der Waals surface area contributed by atoms with Crippen LogP contribution in [0.2, 0.25) is 5.02 Å². The Morgan fingerprint density at radius 3 is 2.43 bits per heavy atom.